The largest absolute Gasteiger partial charge is 0.379 e. The molecule has 12 heteroatoms. The normalized spacial score (nSPS) is 11.6. The Labute approximate surface area is 306 Å². The van der Waals surface area contributed by atoms with E-state index in [1.807, 2.05) is 0 Å². The zero-order valence-corrected chi connectivity index (χ0v) is 32.4. The summed E-state index contributed by atoms with van der Waals surface area (Å²) in [5.74, 6) is 0. The summed E-state index contributed by atoms with van der Waals surface area (Å²) in [6.45, 7) is 18.3. The Morgan fingerprint density at radius 2 is 0.300 bits per heavy atom. The molecule has 0 fully saturated rings. The standard InChI is InChI=1S/C38H78O12/c1-3-5-7-9-10-11-12-14-16-40-18-20-42-22-24-44-26-28-46-30-32-48-34-36-50-38-37-49-35-33-47-31-29-45-27-25-43-23-21-41-19-17-39-15-13-8-6-4-2/h3-38H2,1-2H3. The van der Waals surface area contributed by atoms with Crippen LogP contribution in [0.5, 0.6) is 0 Å². The summed E-state index contributed by atoms with van der Waals surface area (Å²) < 4.78 is 66.2. The molecule has 0 N–H and O–H groups in total. The third-order valence-electron chi connectivity index (χ3n) is 7.38. The van der Waals surface area contributed by atoms with Crippen molar-refractivity contribution in [2.75, 3.05) is 159 Å². The van der Waals surface area contributed by atoms with Gasteiger partial charge in [-0.3, -0.25) is 0 Å². The van der Waals surface area contributed by atoms with Crippen LogP contribution in [0.25, 0.3) is 0 Å². The molecule has 0 amide bonds. The Morgan fingerprint density at radius 3 is 0.500 bits per heavy atom. The van der Waals surface area contributed by atoms with Crippen LogP contribution in [0.2, 0.25) is 0 Å². The Kier molecular flexibility index (Phi) is 48.1. The topological polar surface area (TPSA) is 111 Å². The first-order chi connectivity index (χ1) is 24.9. The van der Waals surface area contributed by atoms with Gasteiger partial charge in [-0.2, -0.15) is 0 Å². The molecule has 0 radical (unpaired) electrons. The van der Waals surface area contributed by atoms with E-state index in [4.69, 9.17) is 56.8 Å². The Morgan fingerprint density at radius 1 is 0.160 bits per heavy atom. The molecule has 0 saturated carbocycles. The fourth-order valence-electron chi connectivity index (χ4n) is 4.49. The summed E-state index contributed by atoms with van der Waals surface area (Å²) in [5.41, 5.74) is 0. The van der Waals surface area contributed by atoms with Crippen LogP contribution >= 0.6 is 0 Å². The maximum Gasteiger partial charge on any atom is 0.0701 e. The van der Waals surface area contributed by atoms with Crippen molar-refractivity contribution in [2.45, 2.75) is 90.9 Å². The highest BCUT2D eigenvalue weighted by Gasteiger charge is 1.97. The number of ether oxygens (including phenoxy) is 12. The molecule has 0 aliphatic heterocycles. The summed E-state index contributed by atoms with van der Waals surface area (Å²) in [4.78, 5) is 0. The lowest BCUT2D eigenvalue weighted by molar-refractivity contribution is -0.0284. The second kappa shape index (κ2) is 48.5. The lowest BCUT2D eigenvalue weighted by atomic mass is 10.1. The van der Waals surface area contributed by atoms with Crippen molar-refractivity contribution < 1.29 is 56.8 Å². The number of unbranched alkanes of at least 4 members (excludes halogenated alkanes) is 10. The van der Waals surface area contributed by atoms with Gasteiger partial charge < -0.3 is 56.8 Å². The fourth-order valence-corrected chi connectivity index (χ4v) is 4.49. The maximum atomic E-state index is 5.63. The van der Waals surface area contributed by atoms with E-state index >= 15 is 0 Å². The number of hydrogen-bond acceptors (Lipinski definition) is 12. The van der Waals surface area contributed by atoms with Gasteiger partial charge in [0, 0.05) is 13.2 Å². The van der Waals surface area contributed by atoms with Crippen molar-refractivity contribution in [3.63, 3.8) is 0 Å². The molecule has 0 aromatic carbocycles. The minimum absolute atomic E-state index is 0.522. The molecule has 0 saturated heterocycles. The van der Waals surface area contributed by atoms with Crippen LogP contribution in [0.4, 0.5) is 0 Å². The van der Waals surface area contributed by atoms with E-state index in [0.29, 0.717) is 145 Å². The van der Waals surface area contributed by atoms with Gasteiger partial charge in [0.05, 0.1) is 145 Å². The van der Waals surface area contributed by atoms with Crippen molar-refractivity contribution in [1.29, 1.82) is 0 Å². The average Bonchev–Trinajstić information content (AvgIpc) is 3.13. The molecular weight excluding hydrogens is 648 g/mol. The van der Waals surface area contributed by atoms with Crippen LogP contribution in [-0.2, 0) is 56.8 Å². The van der Waals surface area contributed by atoms with Gasteiger partial charge in [0.15, 0.2) is 0 Å². The van der Waals surface area contributed by atoms with Gasteiger partial charge in [-0.1, -0.05) is 78.1 Å². The summed E-state index contributed by atoms with van der Waals surface area (Å²) in [5, 5.41) is 0. The molecular formula is C38H78O12. The SMILES string of the molecule is CCCCCCCCCCOCCOCCOCCOCCOCCOCCOCCOCCOCCOCCOCCOCCCCCC. The van der Waals surface area contributed by atoms with Crippen LogP contribution < -0.4 is 0 Å². The summed E-state index contributed by atoms with van der Waals surface area (Å²) in [7, 11) is 0. The van der Waals surface area contributed by atoms with Crippen LogP contribution in [0, 0.1) is 0 Å². The second-order valence-corrected chi connectivity index (χ2v) is 11.9. The molecule has 0 bridgehead atoms. The van der Waals surface area contributed by atoms with Crippen LogP contribution in [0.3, 0.4) is 0 Å². The smallest absolute Gasteiger partial charge is 0.0701 e. The average molecular weight is 727 g/mol. The third kappa shape index (κ3) is 47.5. The Balaban J connectivity index is 3.04. The predicted molar refractivity (Wildman–Crippen MR) is 197 cm³/mol. The van der Waals surface area contributed by atoms with Gasteiger partial charge in [0.1, 0.15) is 0 Å². The molecule has 0 heterocycles. The van der Waals surface area contributed by atoms with E-state index in [1.54, 1.807) is 0 Å². The highest BCUT2D eigenvalue weighted by Crippen LogP contribution is 2.08. The van der Waals surface area contributed by atoms with Crippen molar-refractivity contribution in [3.8, 4) is 0 Å². The van der Waals surface area contributed by atoms with E-state index < -0.39 is 0 Å². The van der Waals surface area contributed by atoms with Gasteiger partial charge in [-0.15, -0.1) is 0 Å². The van der Waals surface area contributed by atoms with E-state index in [2.05, 4.69) is 13.8 Å². The van der Waals surface area contributed by atoms with E-state index in [1.165, 1.54) is 64.2 Å². The van der Waals surface area contributed by atoms with Crippen molar-refractivity contribution in [1.82, 2.24) is 0 Å². The van der Waals surface area contributed by atoms with Crippen LogP contribution in [0.15, 0.2) is 0 Å². The van der Waals surface area contributed by atoms with Crippen molar-refractivity contribution in [2.24, 2.45) is 0 Å². The summed E-state index contributed by atoms with van der Waals surface area (Å²) in [6, 6.07) is 0. The van der Waals surface area contributed by atoms with Crippen LogP contribution in [-0.4, -0.2) is 159 Å². The first-order valence-electron chi connectivity index (χ1n) is 19.8. The molecule has 0 aromatic heterocycles. The molecule has 0 rings (SSSR count). The quantitative estimate of drug-likeness (QED) is 0.0696. The van der Waals surface area contributed by atoms with E-state index in [9.17, 15) is 0 Å². The highest BCUT2D eigenvalue weighted by molar-refractivity contribution is 4.46. The zero-order chi connectivity index (χ0) is 35.9. The Hall–Kier alpha value is -0.480. The lowest BCUT2D eigenvalue weighted by Gasteiger charge is -2.09. The lowest BCUT2D eigenvalue weighted by Crippen LogP contribution is -2.15. The first kappa shape index (κ1) is 49.5. The number of hydrogen-bond donors (Lipinski definition) is 0. The molecule has 0 aliphatic carbocycles. The zero-order valence-electron chi connectivity index (χ0n) is 32.4. The molecule has 50 heavy (non-hydrogen) atoms. The third-order valence-corrected chi connectivity index (χ3v) is 7.38. The molecule has 0 aromatic rings. The summed E-state index contributed by atoms with van der Waals surface area (Å²) in [6.07, 6.45) is 15.4. The van der Waals surface area contributed by atoms with Crippen molar-refractivity contribution >= 4 is 0 Å². The minimum atomic E-state index is 0.522. The molecule has 302 valence electrons. The van der Waals surface area contributed by atoms with Gasteiger partial charge in [0.25, 0.3) is 0 Å². The molecule has 0 atom stereocenters. The molecule has 12 nitrogen and oxygen atoms in total. The van der Waals surface area contributed by atoms with Gasteiger partial charge in [-0.05, 0) is 12.8 Å². The van der Waals surface area contributed by atoms with E-state index in [-0.39, 0.29) is 0 Å². The van der Waals surface area contributed by atoms with Gasteiger partial charge in [-0.25, -0.2) is 0 Å². The number of rotatable bonds is 47. The van der Waals surface area contributed by atoms with Crippen molar-refractivity contribution in [3.05, 3.63) is 0 Å². The van der Waals surface area contributed by atoms with Crippen LogP contribution in [0.1, 0.15) is 90.9 Å². The van der Waals surface area contributed by atoms with Gasteiger partial charge in [0.2, 0.25) is 0 Å². The first-order valence-corrected chi connectivity index (χ1v) is 19.8. The molecule has 0 unspecified atom stereocenters. The highest BCUT2D eigenvalue weighted by atomic mass is 16.6. The molecule has 0 aliphatic rings. The Bertz CT molecular complexity index is 528. The predicted octanol–water partition coefficient (Wildman–Crippen LogP) is 5.91. The monoisotopic (exact) mass is 727 g/mol. The fraction of sp³-hybridized carbons (Fsp3) is 1.00. The van der Waals surface area contributed by atoms with E-state index in [0.717, 1.165) is 26.1 Å². The summed E-state index contributed by atoms with van der Waals surface area (Å²) >= 11 is 0. The van der Waals surface area contributed by atoms with Gasteiger partial charge >= 0.3 is 0 Å². The second-order valence-electron chi connectivity index (χ2n) is 11.9. The maximum absolute atomic E-state index is 5.63. The minimum Gasteiger partial charge on any atom is -0.379 e. The molecule has 0 spiro atoms.